The number of carbonyl (C=O) groups excluding carboxylic acids is 2. The molecule has 2 heterocycles. The second kappa shape index (κ2) is 18.7. The molecule has 0 atom stereocenters. The SMILES string of the molecule is CC(C)(C)OC(=O)Nc1cccc(N)c1.CC(C)(C)OC(=O)Nc1cccc(Nc2cc(Cl)ncc2C(F)(F)F)c1.FC(F)(F)c1cnc(Cl)cc1I. The molecule has 53 heavy (non-hydrogen) atoms. The number of anilines is 5. The Labute approximate surface area is 325 Å². The van der Waals surface area contributed by atoms with E-state index in [1.54, 1.807) is 85.8 Å². The average molecular weight is 903 g/mol. The number of halogens is 9. The number of benzene rings is 2. The summed E-state index contributed by atoms with van der Waals surface area (Å²) in [5, 5.41) is 7.74. The van der Waals surface area contributed by atoms with E-state index in [0.717, 1.165) is 12.3 Å². The minimum absolute atomic E-state index is 0.0556. The van der Waals surface area contributed by atoms with Crippen LogP contribution in [-0.4, -0.2) is 33.4 Å². The van der Waals surface area contributed by atoms with Crippen molar-refractivity contribution in [1.82, 2.24) is 9.97 Å². The van der Waals surface area contributed by atoms with Gasteiger partial charge in [0, 0.05) is 38.7 Å². The molecule has 4 rings (SSSR count). The predicted molar refractivity (Wildman–Crippen MR) is 202 cm³/mol. The first-order chi connectivity index (χ1) is 24.2. The Balaban J connectivity index is 0.000000304. The van der Waals surface area contributed by atoms with E-state index >= 15 is 0 Å². The zero-order chi connectivity index (χ0) is 40.4. The monoisotopic (exact) mass is 902 g/mol. The van der Waals surface area contributed by atoms with E-state index in [2.05, 4.69) is 25.9 Å². The second-order valence-corrected chi connectivity index (χ2v) is 14.6. The Bertz CT molecular complexity index is 1870. The van der Waals surface area contributed by atoms with Gasteiger partial charge in [0.25, 0.3) is 0 Å². The smallest absolute Gasteiger partial charge is 0.419 e. The number of nitrogens with zero attached hydrogens (tertiary/aromatic N) is 2. The molecular formula is C34H35Cl2F6IN6O4. The fourth-order valence-corrected chi connectivity index (χ4v) is 4.90. The third-order valence-corrected chi connectivity index (χ3v) is 6.93. The highest BCUT2D eigenvalue weighted by Crippen LogP contribution is 2.37. The summed E-state index contributed by atoms with van der Waals surface area (Å²) in [6, 6.07) is 15.4. The van der Waals surface area contributed by atoms with Gasteiger partial charge in [0.15, 0.2) is 0 Å². The minimum atomic E-state index is -4.59. The van der Waals surface area contributed by atoms with E-state index in [1.165, 1.54) is 12.1 Å². The molecule has 0 spiro atoms. The van der Waals surface area contributed by atoms with Gasteiger partial charge in [-0.15, -0.1) is 0 Å². The van der Waals surface area contributed by atoms with E-state index in [1.807, 2.05) is 20.8 Å². The lowest BCUT2D eigenvalue weighted by atomic mass is 10.2. The third kappa shape index (κ3) is 17.4. The van der Waals surface area contributed by atoms with Gasteiger partial charge in [0.05, 0.1) is 16.8 Å². The van der Waals surface area contributed by atoms with Crippen molar-refractivity contribution in [3.05, 3.63) is 98.1 Å². The molecule has 0 aliphatic heterocycles. The Morgan fingerprint density at radius 2 is 1.11 bits per heavy atom. The lowest BCUT2D eigenvalue weighted by molar-refractivity contribution is -0.138. The number of aromatic nitrogens is 2. The van der Waals surface area contributed by atoms with Crippen molar-refractivity contribution in [3.63, 3.8) is 0 Å². The van der Waals surface area contributed by atoms with Crippen molar-refractivity contribution >= 4 is 86.4 Å². The maximum absolute atomic E-state index is 13.1. The standard InChI is InChI=1S/C17H17ClF3N3O2.C11H16N2O2.C6H2ClF3IN/c1-16(2,3)26-15(25)24-11-6-4-5-10(7-11)23-13-8-14(18)22-9-12(13)17(19,20)21;1-11(2,3)15-10(14)13-9-6-4-5-8(12)7-9;7-5-1-4(11)3(2-12-5)6(8,9)10/h4-9H,1-3H3,(H,22,23)(H,24,25);4-7H,12H2,1-3H3,(H,13,14);1-2H. The van der Waals surface area contributed by atoms with Gasteiger partial charge in [0.1, 0.15) is 21.5 Å². The highest BCUT2D eigenvalue weighted by molar-refractivity contribution is 14.1. The van der Waals surface area contributed by atoms with Gasteiger partial charge in [-0.3, -0.25) is 10.6 Å². The van der Waals surface area contributed by atoms with Crippen molar-refractivity contribution in [2.24, 2.45) is 0 Å². The van der Waals surface area contributed by atoms with Crippen LogP contribution in [-0.2, 0) is 21.8 Å². The lowest BCUT2D eigenvalue weighted by Crippen LogP contribution is -2.27. The van der Waals surface area contributed by atoms with Crippen molar-refractivity contribution in [3.8, 4) is 0 Å². The van der Waals surface area contributed by atoms with Gasteiger partial charge in [0.2, 0.25) is 0 Å². The largest absolute Gasteiger partial charge is 0.444 e. The minimum Gasteiger partial charge on any atom is -0.444 e. The topological polar surface area (TPSA) is 140 Å². The van der Waals surface area contributed by atoms with E-state index in [0.29, 0.717) is 28.9 Å². The van der Waals surface area contributed by atoms with Crippen LogP contribution in [0.4, 0.5) is 64.4 Å². The summed E-state index contributed by atoms with van der Waals surface area (Å²) in [7, 11) is 0. The number of rotatable bonds is 4. The first-order valence-electron chi connectivity index (χ1n) is 15.1. The van der Waals surface area contributed by atoms with Crippen LogP contribution < -0.4 is 21.7 Å². The van der Waals surface area contributed by atoms with Crippen LogP contribution in [0.15, 0.2) is 73.1 Å². The molecule has 0 saturated carbocycles. The van der Waals surface area contributed by atoms with Crippen molar-refractivity contribution < 1.29 is 45.4 Å². The second-order valence-electron chi connectivity index (χ2n) is 12.6. The van der Waals surface area contributed by atoms with Crippen molar-refractivity contribution in [2.45, 2.75) is 65.1 Å². The molecule has 2 aromatic heterocycles. The Morgan fingerprint density at radius 3 is 1.57 bits per heavy atom. The molecule has 5 N–H and O–H groups in total. The van der Waals surface area contributed by atoms with Gasteiger partial charge in [-0.2, -0.15) is 26.3 Å². The average Bonchev–Trinajstić information content (AvgIpc) is 2.94. The van der Waals surface area contributed by atoms with Crippen LogP contribution in [0.25, 0.3) is 0 Å². The highest BCUT2D eigenvalue weighted by atomic mass is 127. The van der Waals surface area contributed by atoms with Crippen LogP contribution in [0.3, 0.4) is 0 Å². The van der Waals surface area contributed by atoms with Crippen LogP contribution in [0.2, 0.25) is 10.3 Å². The number of hydrogen-bond acceptors (Lipinski definition) is 8. The fourth-order valence-electron chi connectivity index (χ4n) is 3.66. The van der Waals surface area contributed by atoms with Crippen LogP contribution in [0, 0.1) is 3.57 Å². The van der Waals surface area contributed by atoms with E-state index < -0.39 is 46.9 Å². The van der Waals surface area contributed by atoms with Crippen molar-refractivity contribution in [2.75, 3.05) is 21.7 Å². The number of ether oxygens (including phenoxy) is 2. The molecule has 2 aromatic carbocycles. The molecule has 10 nitrogen and oxygen atoms in total. The predicted octanol–water partition coefficient (Wildman–Crippen LogP) is 11.8. The number of hydrogen-bond donors (Lipinski definition) is 4. The van der Waals surface area contributed by atoms with Crippen LogP contribution in [0.5, 0.6) is 0 Å². The zero-order valence-electron chi connectivity index (χ0n) is 28.9. The summed E-state index contributed by atoms with van der Waals surface area (Å²) < 4.78 is 85.8. The molecule has 0 fully saturated rings. The zero-order valence-corrected chi connectivity index (χ0v) is 32.6. The molecular weight excluding hydrogens is 868 g/mol. The van der Waals surface area contributed by atoms with E-state index in [4.69, 9.17) is 38.4 Å². The highest BCUT2D eigenvalue weighted by Gasteiger charge is 2.35. The Kier molecular flexibility index (Phi) is 15.8. The first-order valence-corrected chi connectivity index (χ1v) is 16.9. The molecule has 0 unspecified atom stereocenters. The molecule has 0 bridgehead atoms. The summed E-state index contributed by atoms with van der Waals surface area (Å²) in [6.45, 7) is 10.6. The van der Waals surface area contributed by atoms with Crippen LogP contribution >= 0.6 is 45.8 Å². The molecule has 288 valence electrons. The van der Waals surface area contributed by atoms with Gasteiger partial charge < -0.3 is 20.5 Å². The number of amides is 2. The molecule has 2 amide bonds. The van der Waals surface area contributed by atoms with Gasteiger partial charge in [-0.1, -0.05) is 35.3 Å². The number of nitrogens with one attached hydrogen (secondary N) is 3. The maximum Gasteiger partial charge on any atom is 0.419 e. The fraction of sp³-hybridized carbons (Fsp3) is 0.294. The Morgan fingerprint density at radius 1 is 0.679 bits per heavy atom. The summed E-state index contributed by atoms with van der Waals surface area (Å²) in [4.78, 5) is 30.0. The molecule has 0 radical (unpaired) electrons. The van der Waals surface area contributed by atoms with Crippen molar-refractivity contribution in [1.29, 1.82) is 0 Å². The van der Waals surface area contributed by atoms with Gasteiger partial charge in [-0.05, 0) is 113 Å². The number of pyridine rings is 2. The number of nitrogens with two attached hydrogens (primary N) is 1. The number of alkyl halides is 6. The Hall–Kier alpha value is -4.23. The molecule has 4 aromatic rings. The maximum atomic E-state index is 13.1. The van der Waals surface area contributed by atoms with E-state index in [-0.39, 0.29) is 19.6 Å². The summed E-state index contributed by atoms with van der Waals surface area (Å²) in [5.74, 6) is 0. The number of nitrogen functional groups attached to an aromatic ring is 1. The molecule has 0 aliphatic rings. The quantitative estimate of drug-likeness (QED) is 0.0687. The number of carbonyl (C=O) groups is 2. The molecule has 19 heteroatoms. The lowest BCUT2D eigenvalue weighted by Gasteiger charge is -2.20. The molecule has 0 aliphatic carbocycles. The van der Waals surface area contributed by atoms with Gasteiger partial charge >= 0.3 is 24.5 Å². The summed E-state index contributed by atoms with van der Waals surface area (Å²) >= 11 is 12.7. The first kappa shape index (κ1) is 44.9. The summed E-state index contributed by atoms with van der Waals surface area (Å²) in [5.41, 5.74) is 4.36. The van der Waals surface area contributed by atoms with E-state index in [9.17, 15) is 35.9 Å². The van der Waals surface area contributed by atoms with Crippen LogP contribution in [0.1, 0.15) is 52.7 Å². The summed E-state index contributed by atoms with van der Waals surface area (Å²) in [6.07, 6.45) is -8.71. The van der Waals surface area contributed by atoms with Gasteiger partial charge in [-0.25, -0.2) is 19.6 Å². The third-order valence-electron chi connectivity index (χ3n) is 5.62. The molecule has 0 saturated heterocycles. The normalized spacial score (nSPS) is 11.5.